The van der Waals surface area contributed by atoms with Crippen molar-refractivity contribution in [2.75, 3.05) is 26.1 Å². The molecular weight excluding hydrogens is 388 g/mol. The van der Waals surface area contributed by atoms with E-state index in [2.05, 4.69) is 23.5 Å². The Morgan fingerprint density at radius 1 is 1.10 bits per heavy atom. The minimum Gasteiger partial charge on any atom is -0.381 e. The SMILES string of the molecule is COC1CCC(C(=O)NC(Cc2cc(N(C)C)nc(C3CC3)n2)c2ccccc2)CC1. The number of nitrogens with zero attached hydrogens (tertiary/aromatic N) is 3. The van der Waals surface area contributed by atoms with Gasteiger partial charge in [0.25, 0.3) is 0 Å². The van der Waals surface area contributed by atoms with Crippen LogP contribution in [0, 0.1) is 5.92 Å². The number of carbonyl (C=O) groups is 1. The smallest absolute Gasteiger partial charge is 0.223 e. The molecule has 0 radical (unpaired) electrons. The van der Waals surface area contributed by atoms with Gasteiger partial charge in [-0.05, 0) is 44.1 Å². The second-order valence-corrected chi connectivity index (χ2v) is 9.13. The Balaban J connectivity index is 1.53. The molecule has 1 unspecified atom stereocenters. The van der Waals surface area contributed by atoms with E-state index in [1.54, 1.807) is 7.11 Å². The molecule has 0 aliphatic heterocycles. The number of hydrogen-bond donors (Lipinski definition) is 1. The molecule has 4 rings (SSSR count). The number of amides is 1. The van der Waals surface area contributed by atoms with Gasteiger partial charge >= 0.3 is 0 Å². The van der Waals surface area contributed by atoms with Crippen LogP contribution >= 0.6 is 0 Å². The zero-order chi connectivity index (χ0) is 21.8. The summed E-state index contributed by atoms with van der Waals surface area (Å²) in [5.41, 5.74) is 2.09. The Morgan fingerprint density at radius 3 is 2.42 bits per heavy atom. The number of ether oxygens (including phenoxy) is 1. The number of methoxy groups -OCH3 is 1. The summed E-state index contributed by atoms with van der Waals surface area (Å²) in [6, 6.07) is 12.2. The lowest BCUT2D eigenvalue weighted by molar-refractivity contribution is -0.127. The van der Waals surface area contributed by atoms with Crippen molar-refractivity contribution in [3.63, 3.8) is 0 Å². The largest absolute Gasteiger partial charge is 0.381 e. The van der Waals surface area contributed by atoms with E-state index < -0.39 is 0 Å². The lowest BCUT2D eigenvalue weighted by Crippen LogP contribution is -2.37. The van der Waals surface area contributed by atoms with Crippen LogP contribution in [0.25, 0.3) is 0 Å². The standard InChI is InChI=1S/C25H34N4O2/c1-29(2)23-16-20(26-24(28-23)18-9-10-18)15-22(17-7-5-4-6-8-17)27-25(30)19-11-13-21(31-3)14-12-19/h4-8,16,18-19,21-22H,9-15H2,1-3H3,(H,27,30). The van der Waals surface area contributed by atoms with E-state index in [9.17, 15) is 4.79 Å². The normalized spacial score (nSPS) is 22.0. The third-order valence-corrected chi connectivity index (χ3v) is 6.49. The van der Waals surface area contributed by atoms with Gasteiger partial charge in [-0.3, -0.25) is 4.79 Å². The summed E-state index contributed by atoms with van der Waals surface area (Å²) < 4.78 is 5.46. The number of hydrogen-bond acceptors (Lipinski definition) is 5. The second-order valence-electron chi connectivity index (χ2n) is 9.13. The molecule has 1 aromatic heterocycles. The van der Waals surface area contributed by atoms with Gasteiger partial charge in [-0.25, -0.2) is 9.97 Å². The number of nitrogens with one attached hydrogen (secondary N) is 1. The van der Waals surface area contributed by atoms with E-state index in [4.69, 9.17) is 14.7 Å². The molecule has 6 heteroatoms. The maximum absolute atomic E-state index is 13.1. The molecule has 0 saturated heterocycles. The average molecular weight is 423 g/mol. The summed E-state index contributed by atoms with van der Waals surface area (Å²) in [6.07, 6.45) is 6.96. The minimum atomic E-state index is -0.106. The van der Waals surface area contributed by atoms with Crippen LogP contribution in [0.5, 0.6) is 0 Å². The Morgan fingerprint density at radius 2 is 1.81 bits per heavy atom. The quantitative estimate of drug-likeness (QED) is 0.696. The summed E-state index contributed by atoms with van der Waals surface area (Å²) in [7, 11) is 5.78. The van der Waals surface area contributed by atoms with Crippen LogP contribution in [0.4, 0.5) is 5.82 Å². The summed E-state index contributed by atoms with van der Waals surface area (Å²) in [4.78, 5) is 24.8. The predicted molar refractivity (Wildman–Crippen MR) is 122 cm³/mol. The molecule has 1 amide bonds. The Hall–Kier alpha value is -2.47. The third-order valence-electron chi connectivity index (χ3n) is 6.49. The van der Waals surface area contributed by atoms with Crippen molar-refractivity contribution in [1.29, 1.82) is 0 Å². The first-order chi connectivity index (χ1) is 15.0. The van der Waals surface area contributed by atoms with Gasteiger partial charge in [0.1, 0.15) is 11.6 Å². The highest BCUT2D eigenvalue weighted by Gasteiger charge is 2.30. The molecule has 6 nitrogen and oxygen atoms in total. The van der Waals surface area contributed by atoms with E-state index in [1.165, 1.54) is 12.8 Å². The first kappa shape index (κ1) is 21.8. The van der Waals surface area contributed by atoms with E-state index in [0.29, 0.717) is 18.4 Å². The van der Waals surface area contributed by atoms with Crippen LogP contribution in [0.15, 0.2) is 36.4 Å². The molecule has 31 heavy (non-hydrogen) atoms. The molecule has 1 N–H and O–H groups in total. The summed E-state index contributed by atoms with van der Waals surface area (Å²) in [5.74, 6) is 2.56. The molecule has 0 bridgehead atoms. The molecule has 2 saturated carbocycles. The zero-order valence-corrected chi connectivity index (χ0v) is 18.9. The highest BCUT2D eigenvalue weighted by Crippen LogP contribution is 2.39. The molecule has 2 aliphatic rings. The van der Waals surface area contributed by atoms with E-state index in [0.717, 1.165) is 48.6 Å². The van der Waals surface area contributed by atoms with E-state index >= 15 is 0 Å². The van der Waals surface area contributed by atoms with Crippen LogP contribution in [-0.4, -0.2) is 43.2 Å². The maximum Gasteiger partial charge on any atom is 0.223 e. The van der Waals surface area contributed by atoms with Crippen LogP contribution in [-0.2, 0) is 16.0 Å². The minimum absolute atomic E-state index is 0.0578. The number of benzene rings is 1. The fourth-order valence-electron chi connectivity index (χ4n) is 4.36. The van der Waals surface area contributed by atoms with Crippen molar-refractivity contribution in [1.82, 2.24) is 15.3 Å². The van der Waals surface area contributed by atoms with Gasteiger partial charge in [-0.2, -0.15) is 0 Å². The van der Waals surface area contributed by atoms with Gasteiger partial charge in [-0.1, -0.05) is 30.3 Å². The van der Waals surface area contributed by atoms with Gasteiger partial charge in [0.05, 0.1) is 12.1 Å². The fraction of sp³-hybridized carbons (Fsp3) is 0.560. The zero-order valence-electron chi connectivity index (χ0n) is 18.9. The number of carbonyl (C=O) groups excluding carboxylic acids is 1. The van der Waals surface area contributed by atoms with E-state index in [-0.39, 0.29) is 17.9 Å². The number of anilines is 1. The summed E-state index contributed by atoms with van der Waals surface area (Å²) >= 11 is 0. The average Bonchev–Trinajstić information content (AvgIpc) is 3.64. The van der Waals surface area contributed by atoms with Crippen LogP contribution < -0.4 is 10.2 Å². The third kappa shape index (κ3) is 5.62. The van der Waals surface area contributed by atoms with Crippen LogP contribution in [0.1, 0.15) is 67.6 Å². The monoisotopic (exact) mass is 422 g/mol. The molecule has 2 fully saturated rings. The lowest BCUT2D eigenvalue weighted by atomic mass is 9.86. The Bertz CT molecular complexity index is 854. The second kappa shape index (κ2) is 9.77. The first-order valence-electron chi connectivity index (χ1n) is 11.5. The number of aromatic nitrogens is 2. The van der Waals surface area contributed by atoms with Gasteiger partial charge < -0.3 is 15.0 Å². The molecule has 2 aromatic rings. The van der Waals surface area contributed by atoms with E-state index in [1.807, 2.05) is 37.2 Å². The van der Waals surface area contributed by atoms with Crippen molar-refractivity contribution < 1.29 is 9.53 Å². The van der Waals surface area contributed by atoms with Crippen molar-refractivity contribution >= 4 is 11.7 Å². The topological polar surface area (TPSA) is 67.3 Å². The molecule has 2 aliphatic carbocycles. The first-order valence-corrected chi connectivity index (χ1v) is 11.5. The Kier molecular flexibility index (Phi) is 6.86. The van der Waals surface area contributed by atoms with Crippen molar-refractivity contribution in [3.8, 4) is 0 Å². The molecule has 0 spiro atoms. The van der Waals surface area contributed by atoms with Gasteiger partial charge in [0, 0.05) is 51.2 Å². The van der Waals surface area contributed by atoms with Gasteiger partial charge in [0.15, 0.2) is 0 Å². The highest BCUT2D eigenvalue weighted by molar-refractivity contribution is 5.79. The predicted octanol–water partition coefficient (Wildman–Crippen LogP) is 4.03. The van der Waals surface area contributed by atoms with Crippen molar-refractivity contribution in [3.05, 3.63) is 53.5 Å². The summed E-state index contributed by atoms with van der Waals surface area (Å²) in [5, 5.41) is 3.34. The van der Waals surface area contributed by atoms with Crippen LogP contribution in [0.3, 0.4) is 0 Å². The number of rotatable bonds is 8. The highest BCUT2D eigenvalue weighted by atomic mass is 16.5. The maximum atomic E-state index is 13.1. The molecule has 166 valence electrons. The lowest BCUT2D eigenvalue weighted by Gasteiger charge is -2.29. The fourth-order valence-corrected chi connectivity index (χ4v) is 4.36. The summed E-state index contributed by atoms with van der Waals surface area (Å²) in [6.45, 7) is 0. The molecule has 1 atom stereocenters. The van der Waals surface area contributed by atoms with Crippen molar-refractivity contribution in [2.24, 2.45) is 5.92 Å². The van der Waals surface area contributed by atoms with Crippen LogP contribution in [0.2, 0.25) is 0 Å². The van der Waals surface area contributed by atoms with Crippen molar-refractivity contribution in [2.45, 2.75) is 63.0 Å². The molecular formula is C25H34N4O2. The Labute approximate surface area is 185 Å². The van der Waals surface area contributed by atoms with Gasteiger partial charge in [-0.15, -0.1) is 0 Å². The van der Waals surface area contributed by atoms with Gasteiger partial charge in [0.2, 0.25) is 5.91 Å². The molecule has 1 heterocycles. The molecule has 1 aromatic carbocycles.